The zero-order valence-corrected chi connectivity index (χ0v) is 21.0. The summed E-state index contributed by atoms with van der Waals surface area (Å²) in [6, 6.07) is 40.1. The van der Waals surface area contributed by atoms with Crippen LogP contribution >= 0.6 is 0 Å². The highest BCUT2D eigenvalue weighted by Crippen LogP contribution is 2.34. The molecule has 2 heterocycles. The third-order valence-corrected chi connectivity index (χ3v) is 6.81. The van der Waals surface area contributed by atoms with E-state index in [0.717, 1.165) is 33.4 Å². The van der Waals surface area contributed by atoms with Gasteiger partial charge in [-0.2, -0.15) is 0 Å². The van der Waals surface area contributed by atoms with Crippen LogP contribution in [-0.4, -0.2) is 11.2 Å². The van der Waals surface area contributed by atoms with Gasteiger partial charge in [0.05, 0.1) is 0 Å². The van der Waals surface area contributed by atoms with E-state index in [1.54, 1.807) is 0 Å². The summed E-state index contributed by atoms with van der Waals surface area (Å²) in [6.07, 6.45) is 9.81. The number of pyridine rings is 1. The predicted molar refractivity (Wildman–Crippen MR) is 161 cm³/mol. The maximum Gasteiger partial charge on any atom is 0.159 e. The second-order valence-electron chi connectivity index (χ2n) is 9.20. The molecule has 0 saturated carbocycles. The Labute approximate surface area is 223 Å². The summed E-state index contributed by atoms with van der Waals surface area (Å²) in [5, 5.41) is 0. The van der Waals surface area contributed by atoms with Gasteiger partial charge in [0.25, 0.3) is 0 Å². The first kappa shape index (κ1) is 23.3. The third-order valence-electron chi connectivity index (χ3n) is 6.81. The minimum atomic E-state index is 0.690. The van der Waals surface area contributed by atoms with Crippen molar-refractivity contribution in [2.75, 3.05) is 0 Å². The van der Waals surface area contributed by atoms with E-state index in [0.29, 0.717) is 5.82 Å². The molecule has 180 valence electrons. The molecular formula is C36H26N2. The predicted octanol–water partition coefficient (Wildman–Crippen LogP) is 9.45. The van der Waals surface area contributed by atoms with Crippen molar-refractivity contribution in [2.24, 2.45) is 4.99 Å². The molecule has 5 aromatic rings. The zero-order chi connectivity index (χ0) is 25.7. The monoisotopic (exact) mass is 486 g/mol. The van der Waals surface area contributed by atoms with Gasteiger partial charge in [-0.15, -0.1) is 0 Å². The number of aromatic nitrogens is 1. The van der Waals surface area contributed by atoms with E-state index in [9.17, 15) is 0 Å². The van der Waals surface area contributed by atoms with Gasteiger partial charge in [0.15, 0.2) is 5.82 Å². The standard InChI is InChI=1S/C36H26N2/c1-26-12-21-35-34(32-19-15-30(16-20-32)28-10-6-3-7-11-28)23-25-38-36(35)37-24-22-33(26)31-17-13-29(14-18-31)27-8-4-2-5-9-27/h2-25H,1H2/b21-12-,33-22?,37-24?. The average Bonchev–Trinajstić information content (AvgIpc) is 3.07. The molecule has 0 atom stereocenters. The number of fused-ring (bicyclic) bond motifs is 1. The summed E-state index contributed by atoms with van der Waals surface area (Å²) in [4.78, 5) is 9.30. The van der Waals surface area contributed by atoms with Crippen molar-refractivity contribution in [3.05, 3.63) is 157 Å². The first-order valence-corrected chi connectivity index (χ1v) is 12.7. The maximum atomic E-state index is 4.73. The largest absolute Gasteiger partial charge is 0.237 e. The maximum absolute atomic E-state index is 4.73. The molecule has 2 heteroatoms. The van der Waals surface area contributed by atoms with Gasteiger partial charge in [0, 0.05) is 18.0 Å². The molecule has 0 N–H and O–H groups in total. The number of hydrogen-bond donors (Lipinski definition) is 0. The van der Waals surface area contributed by atoms with Crippen LogP contribution in [0.4, 0.5) is 5.82 Å². The first-order valence-electron chi connectivity index (χ1n) is 12.7. The quantitative estimate of drug-likeness (QED) is 0.248. The Morgan fingerprint density at radius 1 is 0.500 bits per heavy atom. The lowest BCUT2D eigenvalue weighted by molar-refractivity contribution is 1.27. The van der Waals surface area contributed by atoms with E-state index in [4.69, 9.17) is 4.99 Å². The van der Waals surface area contributed by atoms with Crippen LogP contribution in [0.3, 0.4) is 0 Å². The van der Waals surface area contributed by atoms with E-state index in [2.05, 4.69) is 121 Å². The molecule has 1 aliphatic rings. The number of rotatable bonds is 4. The lowest BCUT2D eigenvalue weighted by Crippen LogP contribution is -1.89. The Bertz CT molecular complexity index is 1670. The third kappa shape index (κ3) is 4.80. The molecule has 0 aliphatic carbocycles. The highest BCUT2D eigenvalue weighted by atomic mass is 14.9. The molecule has 1 aliphatic heterocycles. The summed E-state index contributed by atoms with van der Waals surface area (Å²) in [7, 11) is 0. The SMILES string of the molecule is C=C1/C=C\c2c(-c3ccc(-c4ccccc4)cc3)ccnc2N=CC=C1c1ccc(-c2ccccc2)cc1. The van der Waals surface area contributed by atoms with Crippen LogP contribution < -0.4 is 0 Å². The van der Waals surface area contributed by atoms with Crippen LogP contribution in [0.1, 0.15) is 11.1 Å². The highest BCUT2D eigenvalue weighted by molar-refractivity contribution is 5.96. The number of nitrogens with zero attached hydrogens (tertiary/aromatic N) is 2. The summed E-state index contributed by atoms with van der Waals surface area (Å²) < 4.78 is 0. The molecular weight excluding hydrogens is 460 g/mol. The van der Waals surface area contributed by atoms with Gasteiger partial charge in [0.2, 0.25) is 0 Å². The number of benzene rings is 4. The molecule has 0 spiro atoms. The van der Waals surface area contributed by atoms with Crippen LogP contribution in [0, 0.1) is 0 Å². The van der Waals surface area contributed by atoms with Crippen molar-refractivity contribution in [3.63, 3.8) is 0 Å². The zero-order valence-electron chi connectivity index (χ0n) is 21.0. The normalized spacial score (nSPS) is 13.6. The van der Waals surface area contributed by atoms with Crippen molar-refractivity contribution >= 4 is 23.7 Å². The van der Waals surface area contributed by atoms with Crippen molar-refractivity contribution < 1.29 is 0 Å². The fourth-order valence-corrected chi connectivity index (χ4v) is 4.77. The van der Waals surface area contributed by atoms with E-state index in [1.807, 2.05) is 36.7 Å². The fraction of sp³-hybridized carbons (Fsp3) is 0. The molecule has 0 unspecified atom stereocenters. The summed E-state index contributed by atoms with van der Waals surface area (Å²) in [6.45, 7) is 4.38. The van der Waals surface area contributed by atoms with E-state index >= 15 is 0 Å². The van der Waals surface area contributed by atoms with Gasteiger partial charge in [0.1, 0.15) is 0 Å². The molecule has 4 aromatic carbocycles. The summed E-state index contributed by atoms with van der Waals surface area (Å²) >= 11 is 0. The number of allylic oxidation sites excluding steroid dienone is 4. The van der Waals surface area contributed by atoms with Gasteiger partial charge in [-0.3, -0.25) is 0 Å². The van der Waals surface area contributed by atoms with Crippen molar-refractivity contribution in [2.45, 2.75) is 0 Å². The molecule has 0 saturated heterocycles. The van der Waals surface area contributed by atoms with Gasteiger partial charge >= 0.3 is 0 Å². The van der Waals surface area contributed by atoms with E-state index in [1.165, 1.54) is 22.3 Å². The second-order valence-corrected chi connectivity index (χ2v) is 9.20. The van der Waals surface area contributed by atoms with Gasteiger partial charge in [-0.25, -0.2) is 9.98 Å². The van der Waals surface area contributed by atoms with Crippen molar-refractivity contribution in [1.82, 2.24) is 4.98 Å². The Morgan fingerprint density at radius 3 is 1.63 bits per heavy atom. The Balaban J connectivity index is 1.31. The van der Waals surface area contributed by atoms with Gasteiger partial charge in [-0.1, -0.05) is 122 Å². The lowest BCUT2D eigenvalue weighted by atomic mass is 9.94. The second kappa shape index (κ2) is 10.5. The first-order chi connectivity index (χ1) is 18.8. The molecule has 0 radical (unpaired) electrons. The van der Waals surface area contributed by atoms with Crippen LogP contribution in [0.2, 0.25) is 0 Å². The molecule has 6 rings (SSSR count). The van der Waals surface area contributed by atoms with Gasteiger partial charge in [-0.05, 0) is 68.3 Å². The average molecular weight is 487 g/mol. The van der Waals surface area contributed by atoms with E-state index < -0.39 is 0 Å². The number of hydrogen-bond acceptors (Lipinski definition) is 2. The van der Waals surface area contributed by atoms with Gasteiger partial charge < -0.3 is 0 Å². The Morgan fingerprint density at radius 2 is 1.03 bits per heavy atom. The van der Waals surface area contributed by atoms with E-state index in [-0.39, 0.29) is 0 Å². The lowest BCUT2D eigenvalue weighted by Gasteiger charge is -2.10. The molecule has 0 amide bonds. The number of aliphatic imine (C=N–C) groups is 1. The van der Waals surface area contributed by atoms with Crippen molar-refractivity contribution in [3.8, 4) is 33.4 Å². The summed E-state index contributed by atoms with van der Waals surface area (Å²) in [5.74, 6) is 0.690. The van der Waals surface area contributed by atoms with Crippen LogP contribution in [0.5, 0.6) is 0 Å². The smallest absolute Gasteiger partial charge is 0.159 e. The van der Waals surface area contributed by atoms with Crippen molar-refractivity contribution in [1.29, 1.82) is 0 Å². The minimum absolute atomic E-state index is 0.690. The fourth-order valence-electron chi connectivity index (χ4n) is 4.77. The molecule has 0 bridgehead atoms. The topological polar surface area (TPSA) is 25.2 Å². The van der Waals surface area contributed by atoms with Crippen LogP contribution in [0.25, 0.3) is 45.0 Å². The molecule has 1 aromatic heterocycles. The molecule has 2 nitrogen and oxygen atoms in total. The molecule has 0 fully saturated rings. The van der Waals surface area contributed by atoms with Crippen LogP contribution in [0.15, 0.2) is 151 Å². The summed E-state index contributed by atoms with van der Waals surface area (Å²) in [5.41, 5.74) is 11.0. The minimum Gasteiger partial charge on any atom is -0.237 e. The van der Waals surface area contributed by atoms with Crippen LogP contribution in [-0.2, 0) is 0 Å². The Hall–Kier alpha value is -5.08. The highest BCUT2D eigenvalue weighted by Gasteiger charge is 2.12. The molecule has 38 heavy (non-hydrogen) atoms. The Kier molecular flexibility index (Phi) is 6.44.